The molecule has 0 amide bonds. The lowest BCUT2D eigenvalue weighted by Crippen LogP contribution is -2.28. The fourth-order valence-electron chi connectivity index (χ4n) is 3.61. The SMILES string of the molecule is CN(CC(=O)c1ccc(/C(F)=C/C(c2cc(Cl)c(Cl)c(Cl)c2)C(F)(F)F)cc1C(F)(F)F)c1ccc(C#N)cn1. The molecule has 3 rings (SSSR count). The molecular weight excluding hydrogens is 610 g/mol. The summed E-state index contributed by atoms with van der Waals surface area (Å²) in [5.41, 5.74) is -3.58. The molecular formula is C26H15Cl3F7N3O. The fourth-order valence-corrected chi connectivity index (χ4v) is 4.22. The highest BCUT2D eigenvalue weighted by molar-refractivity contribution is 6.48. The maximum Gasteiger partial charge on any atom is 0.417 e. The molecule has 0 aliphatic rings. The van der Waals surface area contributed by atoms with Crippen LogP contribution in [0.4, 0.5) is 36.6 Å². The molecule has 2 aromatic carbocycles. The number of carbonyl (C=O) groups is 1. The number of hydrogen-bond donors (Lipinski definition) is 0. The average molecular weight is 625 g/mol. The number of likely N-dealkylation sites (N-methyl/N-ethyl adjacent to an activating group) is 1. The fraction of sp³-hybridized carbons (Fsp3) is 0.192. The number of pyridine rings is 1. The Morgan fingerprint density at radius 3 is 2.17 bits per heavy atom. The molecule has 1 heterocycles. The summed E-state index contributed by atoms with van der Waals surface area (Å²) in [7, 11) is 1.38. The van der Waals surface area contributed by atoms with Gasteiger partial charge in [0.2, 0.25) is 0 Å². The van der Waals surface area contributed by atoms with Crippen molar-refractivity contribution in [3.8, 4) is 6.07 Å². The zero-order valence-electron chi connectivity index (χ0n) is 20.0. The van der Waals surface area contributed by atoms with E-state index in [0.29, 0.717) is 6.07 Å². The highest BCUT2D eigenvalue weighted by Crippen LogP contribution is 2.43. The first kappa shape index (κ1) is 31.2. The first-order valence-electron chi connectivity index (χ1n) is 10.9. The molecule has 3 aromatic rings. The number of halogens is 10. The number of carbonyl (C=O) groups excluding carboxylic acids is 1. The number of allylic oxidation sites excluding steroid dienone is 1. The lowest BCUT2D eigenvalue weighted by Gasteiger charge is -2.20. The number of anilines is 1. The van der Waals surface area contributed by atoms with Gasteiger partial charge in [-0.25, -0.2) is 9.37 Å². The van der Waals surface area contributed by atoms with Crippen LogP contribution in [0.25, 0.3) is 5.83 Å². The van der Waals surface area contributed by atoms with Gasteiger partial charge < -0.3 is 4.90 Å². The van der Waals surface area contributed by atoms with Crippen molar-refractivity contribution in [1.82, 2.24) is 4.98 Å². The topological polar surface area (TPSA) is 57.0 Å². The predicted molar refractivity (Wildman–Crippen MR) is 137 cm³/mol. The van der Waals surface area contributed by atoms with Gasteiger partial charge in [0.05, 0.1) is 32.7 Å². The van der Waals surface area contributed by atoms with E-state index in [2.05, 4.69) is 4.98 Å². The number of ketones is 1. The van der Waals surface area contributed by atoms with Crippen molar-refractivity contribution in [2.45, 2.75) is 18.3 Å². The van der Waals surface area contributed by atoms with E-state index in [9.17, 15) is 31.1 Å². The van der Waals surface area contributed by atoms with Crippen LogP contribution in [-0.2, 0) is 6.18 Å². The van der Waals surface area contributed by atoms with Crippen LogP contribution in [0.5, 0.6) is 0 Å². The molecule has 1 aromatic heterocycles. The van der Waals surface area contributed by atoms with Gasteiger partial charge in [-0.15, -0.1) is 0 Å². The summed E-state index contributed by atoms with van der Waals surface area (Å²) in [5, 5.41) is 7.94. The zero-order chi connectivity index (χ0) is 30.0. The third-order valence-electron chi connectivity index (χ3n) is 5.58. The second-order valence-corrected chi connectivity index (χ2v) is 9.58. The Kier molecular flexibility index (Phi) is 9.39. The van der Waals surface area contributed by atoms with Gasteiger partial charge in [-0.1, -0.05) is 46.9 Å². The molecule has 0 fully saturated rings. The molecule has 14 heteroatoms. The number of nitriles is 1. The van der Waals surface area contributed by atoms with Crippen molar-refractivity contribution in [3.63, 3.8) is 0 Å². The monoisotopic (exact) mass is 623 g/mol. The first-order chi connectivity index (χ1) is 18.5. The van der Waals surface area contributed by atoms with E-state index in [4.69, 9.17) is 40.1 Å². The lowest BCUT2D eigenvalue weighted by atomic mass is 9.95. The lowest BCUT2D eigenvalue weighted by molar-refractivity contribution is -0.140. The number of alkyl halides is 6. The van der Waals surface area contributed by atoms with Crippen molar-refractivity contribution in [2.75, 3.05) is 18.5 Å². The van der Waals surface area contributed by atoms with E-state index < -0.39 is 58.7 Å². The van der Waals surface area contributed by atoms with Gasteiger partial charge in [0.25, 0.3) is 0 Å². The van der Waals surface area contributed by atoms with Crippen LogP contribution < -0.4 is 4.90 Å². The van der Waals surface area contributed by atoms with Crippen molar-refractivity contribution in [3.05, 3.63) is 97.6 Å². The molecule has 0 spiro atoms. The van der Waals surface area contributed by atoms with Crippen molar-refractivity contribution in [2.24, 2.45) is 0 Å². The highest BCUT2D eigenvalue weighted by atomic mass is 35.5. The van der Waals surface area contributed by atoms with Gasteiger partial charge in [-0.2, -0.15) is 31.6 Å². The molecule has 0 N–H and O–H groups in total. The number of benzene rings is 2. The van der Waals surface area contributed by atoms with Gasteiger partial charge in [0.1, 0.15) is 23.6 Å². The molecule has 1 atom stereocenters. The van der Waals surface area contributed by atoms with Crippen LogP contribution in [0, 0.1) is 11.3 Å². The molecule has 0 aliphatic carbocycles. The van der Waals surface area contributed by atoms with Crippen LogP contribution in [0.1, 0.15) is 38.5 Å². The summed E-state index contributed by atoms with van der Waals surface area (Å²) >= 11 is 17.4. The molecule has 0 aliphatic heterocycles. The minimum atomic E-state index is -5.15. The Hall–Kier alpha value is -3.33. The van der Waals surface area contributed by atoms with E-state index in [1.807, 2.05) is 6.07 Å². The summed E-state index contributed by atoms with van der Waals surface area (Å²) in [6.07, 6.45) is -8.93. The quantitative estimate of drug-likeness (QED) is 0.150. The van der Waals surface area contributed by atoms with Gasteiger partial charge >= 0.3 is 12.4 Å². The third-order valence-corrected chi connectivity index (χ3v) is 6.78. The highest BCUT2D eigenvalue weighted by Gasteiger charge is 2.41. The van der Waals surface area contributed by atoms with E-state index in [1.54, 1.807) is 0 Å². The Labute approximate surface area is 238 Å². The van der Waals surface area contributed by atoms with Crippen LogP contribution in [0.15, 0.2) is 54.7 Å². The van der Waals surface area contributed by atoms with E-state index in [1.165, 1.54) is 30.3 Å². The van der Waals surface area contributed by atoms with Crippen LogP contribution >= 0.6 is 34.8 Å². The summed E-state index contributed by atoms with van der Waals surface area (Å²) in [5.74, 6) is -5.10. The van der Waals surface area contributed by atoms with Gasteiger partial charge in [0.15, 0.2) is 5.78 Å². The standard InChI is InChI=1S/C26H15Cl3F7N3O/c1-39(23-5-2-13(10-37)11-38-23)12-22(40)16-4-3-14(6-18(16)26(34,35)36)21(30)9-17(25(31,32)33)15-7-19(27)24(29)20(28)8-15/h2-9,11,17H,12H2,1H3/b21-9-. The molecule has 40 heavy (non-hydrogen) atoms. The number of Topliss-reactive ketones (excluding diaryl/α,β-unsaturated/α-hetero) is 1. The Morgan fingerprint density at radius 1 is 1.05 bits per heavy atom. The second kappa shape index (κ2) is 12.0. The molecule has 0 radical (unpaired) electrons. The number of rotatable bonds is 7. The molecule has 0 saturated heterocycles. The predicted octanol–water partition coefficient (Wildman–Crippen LogP) is 8.91. The van der Waals surface area contributed by atoms with Crippen molar-refractivity contribution >= 4 is 52.2 Å². The normalized spacial score (nSPS) is 13.1. The maximum absolute atomic E-state index is 15.1. The Morgan fingerprint density at radius 2 is 1.68 bits per heavy atom. The molecule has 1 unspecified atom stereocenters. The van der Waals surface area contributed by atoms with Crippen molar-refractivity contribution < 1.29 is 35.5 Å². The average Bonchev–Trinajstić information content (AvgIpc) is 2.88. The van der Waals surface area contributed by atoms with Crippen LogP contribution in [0.2, 0.25) is 15.1 Å². The molecule has 0 bridgehead atoms. The second-order valence-electron chi connectivity index (χ2n) is 8.39. The number of hydrogen-bond acceptors (Lipinski definition) is 4. The van der Waals surface area contributed by atoms with Crippen molar-refractivity contribution in [1.29, 1.82) is 5.26 Å². The van der Waals surface area contributed by atoms with Crippen LogP contribution in [-0.4, -0.2) is 30.5 Å². The summed E-state index contributed by atoms with van der Waals surface area (Å²) in [6, 6.07) is 7.98. The third kappa shape index (κ3) is 7.24. The number of aromatic nitrogens is 1. The summed E-state index contributed by atoms with van der Waals surface area (Å²) in [4.78, 5) is 18.0. The molecule has 4 nitrogen and oxygen atoms in total. The largest absolute Gasteiger partial charge is 0.417 e. The van der Waals surface area contributed by atoms with Gasteiger partial charge in [-0.3, -0.25) is 4.79 Å². The molecule has 210 valence electrons. The Balaban J connectivity index is 1.99. The van der Waals surface area contributed by atoms with E-state index >= 15 is 4.39 Å². The van der Waals surface area contributed by atoms with Gasteiger partial charge in [-0.05, 0) is 42.0 Å². The first-order valence-corrected chi connectivity index (χ1v) is 12.1. The Bertz CT molecular complexity index is 1470. The maximum atomic E-state index is 15.1. The minimum absolute atomic E-state index is 0.0806. The van der Waals surface area contributed by atoms with E-state index in [-0.39, 0.29) is 38.6 Å². The summed E-state index contributed by atoms with van der Waals surface area (Å²) < 4.78 is 98.1. The smallest absolute Gasteiger partial charge is 0.352 e. The molecule has 0 saturated carbocycles. The van der Waals surface area contributed by atoms with Crippen LogP contribution in [0.3, 0.4) is 0 Å². The van der Waals surface area contributed by atoms with E-state index in [0.717, 1.165) is 18.2 Å². The number of nitrogens with zero attached hydrogens (tertiary/aromatic N) is 3. The minimum Gasteiger partial charge on any atom is -0.352 e. The van der Waals surface area contributed by atoms with Gasteiger partial charge in [0, 0.05) is 24.4 Å². The zero-order valence-corrected chi connectivity index (χ0v) is 22.3. The summed E-state index contributed by atoms with van der Waals surface area (Å²) in [6.45, 7) is -0.576.